The number of esters is 1. The molecule has 5 heterocycles. The van der Waals surface area contributed by atoms with Crippen molar-refractivity contribution >= 4 is 65.0 Å². The van der Waals surface area contributed by atoms with Gasteiger partial charge in [-0.3, -0.25) is 77.7 Å². The maximum absolute atomic E-state index is 14.3. The van der Waals surface area contributed by atoms with Gasteiger partial charge in [0, 0.05) is 43.0 Å². The molecular formula is C76H61N5O16. The van der Waals surface area contributed by atoms with Gasteiger partial charge in [-0.25, -0.2) is 0 Å². The van der Waals surface area contributed by atoms with Crippen LogP contribution in [0.1, 0.15) is 158 Å². The lowest BCUT2D eigenvalue weighted by Gasteiger charge is -2.26. The summed E-state index contributed by atoms with van der Waals surface area (Å²) in [5, 5.41) is 2.28. The van der Waals surface area contributed by atoms with Gasteiger partial charge in [-0.1, -0.05) is 82.6 Å². The van der Waals surface area contributed by atoms with E-state index < -0.39 is 83.3 Å². The molecule has 10 amide bonds. The molecule has 97 heavy (non-hydrogen) atoms. The molecule has 0 bridgehead atoms. The van der Waals surface area contributed by atoms with Gasteiger partial charge >= 0.3 is 5.97 Å². The van der Waals surface area contributed by atoms with Crippen molar-refractivity contribution < 1.29 is 76.4 Å². The molecule has 5 aliphatic rings. The highest BCUT2D eigenvalue weighted by Crippen LogP contribution is 2.40. The van der Waals surface area contributed by atoms with E-state index in [4.69, 9.17) is 23.7 Å². The lowest BCUT2D eigenvalue weighted by Crippen LogP contribution is -2.46. The van der Waals surface area contributed by atoms with Crippen LogP contribution in [-0.4, -0.2) is 117 Å². The van der Waals surface area contributed by atoms with E-state index in [1.807, 2.05) is 72.8 Å². The smallest absolute Gasteiger partial charge is 0.306 e. The van der Waals surface area contributed by atoms with Crippen molar-refractivity contribution in [2.75, 3.05) is 26.7 Å². The van der Waals surface area contributed by atoms with Gasteiger partial charge in [0.25, 0.3) is 59.1 Å². The van der Waals surface area contributed by atoms with Crippen molar-refractivity contribution in [3.8, 4) is 46.0 Å². The highest BCUT2D eigenvalue weighted by atomic mass is 16.5. The summed E-state index contributed by atoms with van der Waals surface area (Å²) in [6.07, 6.45) is 2.01. The zero-order chi connectivity index (χ0) is 68.2. The molecular weight excluding hydrogens is 1240 g/mol. The molecule has 1 unspecified atom stereocenters. The predicted molar refractivity (Wildman–Crippen MR) is 349 cm³/mol. The van der Waals surface area contributed by atoms with Gasteiger partial charge in [-0.2, -0.15) is 0 Å². The van der Waals surface area contributed by atoms with Crippen LogP contribution in [0.15, 0.2) is 182 Å². The summed E-state index contributed by atoms with van der Waals surface area (Å²) in [6, 6.07) is 48.3. The fourth-order valence-electron chi connectivity index (χ4n) is 12.4. The molecule has 8 aromatic rings. The second-order valence-corrected chi connectivity index (χ2v) is 25.1. The van der Waals surface area contributed by atoms with Crippen LogP contribution >= 0.6 is 0 Å². The Hall–Kier alpha value is -12.1. The summed E-state index contributed by atoms with van der Waals surface area (Å²) in [6.45, 7) is 7.36. The third-order valence-electron chi connectivity index (χ3n) is 18.1. The Labute approximate surface area is 555 Å². The number of amides is 10. The van der Waals surface area contributed by atoms with Crippen LogP contribution in [-0.2, 0) is 30.0 Å². The molecule has 1 N–H and O–H groups in total. The fraction of sp³-hybridized carbons (Fsp3) is 0.197. The number of hydrogen-bond acceptors (Lipinski definition) is 16. The number of imide groups is 5. The normalized spacial score (nSPS) is 15.1. The van der Waals surface area contributed by atoms with E-state index >= 15 is 0 Å². The van der Waals surface area contributed by atoms with Gasteiger partial charge in [0.05, 0.1) is 57.6 Å². The first-order chi connectivity index (χ1) is 46.5. The average molecular weight is 1300 g/mol. The largest absolute Gasteiger partial charge is 0.459 e. The summed E-state index contributed by atoms with van der Waals surface area (Å²) in [5.41, 5.74) is 4.20. The van der Waals surface area contributed by atoms with Crippen molar-refractivity contribution in [3.05, 3.63) is 249 Å². The van der Waals surface area contributed by atoms with Gasteiger partial charge in [-0.05, 0) is 156 Å². The molecule has 0 spiro atoms. The minimum atomic E-state index is -1.38. The van der Waals surface area contributed by atoms with Gasteiger partial charge < -0.3 is 23.7 Å². The van der Waals surface area contributed by atoms with Crippen LogP contribution in [0.25, 0.3) is 0 Å². The third kappa shape index (κ3) is 12.4. The van der Waals surface area contributed by atoms with Crippen LogP contribution in [0, 0.1) is 0 Å². The van der Waals surface area contributed by atoms with E-state index in [2.05, 4.69) is 33.0 Å². The number of benzene rings is 8. The quantitative estimate of drug-likeness (QED) is 0.0354. The van der Waals surface area contributed by atoms with E-state index in [9.17, 15) is 52.7 Å². The van der Waals surface area contributed by atoms with Gasteiger partial charge in [0.1, 0.15) is 52.1 Å². The zero-order valence-corrected chi connectivity index (χ0v) is 53.2. The first-order valence-corrected chi connectivity index (χ1v) is 31.3. The molecule has 0 radical (unpaired) electrons. The number of carbonyl (C=O) groups excluding carboxylic acids is 11. The minimum absolute atomic E-state index is 0.0196. The highest BCUT2D eigenvalue weighted by molar-refractivity contribution is 6.24. The van der Waals surface area contributed by atoms with E-state index in [1.165, 1.54) is 49.5 Å². The summed E-state index contributed by atoms with van der Waals surface area (Å²) in [5.74, 6) is -2.80. The standard InChI is InChI=1S/C76H61N5O16/c1-75(2,43-10-18-47(19-11-43)93-51-26-30-56-60(37-51)68(86)77-67(56)85)45-14-22-49(23-15-45)95-53-28-32-58-62(39-53)73(91)80(71(58)89)41-55(97-66(84)9-7-6-8-36-79-64(82)34-35-65(79)83)42-81-72(90)59-33-29-54(40-63(59)74(81)92)96-50-24-16-46(17-25-50)76(3,4)44-12-20-48(21-13-44)94-52-27-31-57-61(38-52)70(88)78(5)69(57)87/h10-35,37-40,55H,6-9,36,41-42H2,1-5H3,(H,77,85,86). The molecule has 0 saturated heterocycles. The molecule has 13 rings (SSSR count). The maximum atomic E-state index is 14.3. The monoisotopic (exact) mass is 1300 g/mol. The van der Waals surface area contributed by atoms with Crippen LogP contribution < -0.4 is 24.3 Å². The number of ether oxygens (including phenoxy) is 5. The second kappa shape index (κ2) is 25.3. The summed E-state index contributed by atoms with van der Waals surface area (Å²) in [4.78, 5) is 148. The molecule has 5 aliphatic heterocycles. The molecule has 0 aliphatic carbocycles. The lowest BCUT2D eigenvalue weighted by molar-refractivity contribution is -0.150. The van der Waals surface area contributed by atoms with Crippen LogP contribution in [0.4, 0.5) is 0 Å². The SMILES string of the molecule is CN1C(=O)c2ccc(Oc3ccc(C(C)(C)c4ccc(Oc5ccc6c(c5)C(=O)N(CC(CN5C(=O)c7ccc(Oc8ccc(C(C)(C)c9ccc(Oc%10ccc%11c(c%10)C(=O)NC%11=O)cc9)cc8)cc7C5=O)OC(=O)CCCCCN5C(=O)C=CC5=O)C6=O)cc4)cc3)cc2C1=O. The second-order valence-electron chi connectivity index (χ2n) is 25.1. The molecule has 0 saturated carbocycles. The van der Waals surface area contributed by atoms with Crippen molar-refractivity contribution in [1.29, 1.82) is 0 Å². The number of nitrogens with zero attached hydrogens (tertiary/aromatic N) is 4. The zero-order valence-electron chi connectivity index (χ0n) is 53.2. The van der Waals surface area contributed by atoms with Gasteiger partial charge in [0.2, 0.25) is 0 Å². The lowest BCUT2D eigenvalue weighted by atomic mass is 9.78. The van der Waals surface area contributed by atoms with E-state index in [0.717, 1.165) is 41.9 Å². The van der Waals surface area contributed by atoms with E-state index in [0.29, 0.717) is 58.5 Å². The maximum Gasteiger partial charge on any atom is 0.306 e. The highest BCUT2D eigenvalue weighted by Gasteiger charge is 2.43. The number of carbonyl (C=O) groups is 11. The predicted octanol–water partition coefficient (Wildman–Crippen LogP) is 11.9. The number of rotatable bonds is 23. The molecule has 0 fully saturated rings. The molecule has 0 aromatic heterocycles. The third-order valence-corrected chi connectivity index (χ3v) is 18.1. The number of hydrogen-bond donors (Lipinski definition) is 1. The first-order valence-electron chi connectivity index (χ1n) is 31.3. The Morgan fingerprint density at radius 1 is 0.371 bits per heavy atom. The van der Waals surface area contributed by atoms with Gasteiger partial charge in [-0.15, -0.1) is 0 Å². The summed E-state index contributed by atoms with van der Waals surface area (Å²) >= 11 is 0. The number of fused-ring (bicyclic) bond motifs is 4. The Morgan fingerprint density at radius 2 is 0.691 bits per heavy atom. The summed E-state index contributed by atoms with van der Waals surface area (Å²) < 4.78 is 30.5. The Bertz CT molecular complexity index is 4690. The fourth-order valence-corrected chi connectivity index (χ4v) is 12.4. The van der Waals surface area contributed by atoms with Gasteiger partial charge in [0.15, 0.2) is 0 Å². The topological polar surface area (TPSA) is 259 Å². The van der Waals surface area contributed by atoms with E-state index in [1.54, 1.807) is 66.7 Å². The van der Waals surface area contributed by atoms with Crippen LogP contribution in [0.3, 0.4) is 0 Å². The molecule has 21 heteroatoms. The number of nitrogens with one attached hydrogen (secondary N) is 1. The number of unbranched alkanes of at least 4 members (excludes halogenated alkanes) is 2. The van der Waals surface area contributed by atoms with Crippen LogP contribution in [0.5, 0.6) is 46.0 Å². The Balaban J connectivity index is 0.652. The van der Waals surface area contributed by atoms with Crippen molar-refractivity contribution in [2.24, 2.45) is 0 Å². The van der Waals surface area contributed by atoms with Crippen molar-refractivity contribution in [3.63, 3.8) is 0 Å². The molecule has 486 valence electrons. The van der Waals surface area contributed by atoms with Crippen molar-refractivity contribution in [1.82, 2.24) is 24.9 Å². The Kier molecular flexibility index (Phi) is 16.6. The average Bonchev–Trinajstić information content (AvgIpc) is 1.58. The molecule has 21 nitrogen and oxygen atoms in total. The first kappa shape index (κ1) is 63.6. The Morgan fingerprint density at radius 3 is 1.09 bits per heavy atom. The van der Waals surface area contributed by atoms with Crippen LogP contribution in [0.2, 0.25) is 0 Å². The molecule has 8 aromatic carbocycles. The van der Waals surface area contributed by atoms with E-state index in [-0.39, 0.29) is 76.1 Å². The molecule has 1 atom stereocenters. The minimum Gasteiger partial charge on any atom is -0.459 e. The van der Waals surface area contributed by atoms with Crippen molar-refractivity contribution in [2.45, 2.75) is 70.3 Å². The summed E-state index contributed by atoms with van der Waals surface area (Å²) in [7, 11) is 1.44.